The minimum atomic E-state index is -0.915. The number of carbonyl (C=O) groups is 1. The molecule has 1 aliphatic rings. The molecular weight excluding hydrogens is 314 g/mol. The monoisotopic (exact) mass is 339 g/mol. The van der Waals surface area contributed by atoms with E-state index in [1.54, 1.807) is 19.1 Å². The third-order valence-electron chi connectivity index (χ3n) is 3.99. The summed E-state index contributed by atoms with van der Waals surface area (Å²) in [6.45, 7) is 5.43. The first kappa shape index (κ1) is 18.1. The third-order valence-corrected chi connectivity index (χ3v) is 5.53. The molecule has 1 aromatic rings. The highest BCUT2D eigenvalue weighted by molar-refractivity contribution is 7.97. The number of aliphatic carboxylic acids is 1. The van der Waals surface area contributed by atoms with Gasteiger partial charge in [-0.05, 0) is 61.9 Å². The molecule has 2 rings (SSSR count). The fourth-order valence-electron chi connectivity index (χ4n) is 2.83. The lowest BCUT2D eigenvalue weighted by atomic mass is 10.1. The van der Waals surface area contributed by atoms with Gasteiger partial charge in [0, 0.05) is 17.5 Å². The van der Waals surface area contributed by atoms with Crippen molar-refractivity contribution in [3.05, 3.63) is 23.3 Å². The molecule has 1 aliphatic heterocycles. The SMILES string of the molecule is COc1cc(C)c(SN2CCCCC2COCC(=O)O)c(C)c1. The standard InChI is InChI=1S/C17H25NO4S/c1-12-8-15(21-3)9-13(2)17(12)23-18-7-5-4-6-14(18)10-22-11-16(19)20/h8-9,14H,4-7,10-11H2,1-3H3,(H,19,20). The van der Waals surface area contributed by atoms with Crippen LogP contribution in [0, 0.1) is 13.8 Å². The van der Waals surface area contributed by atoms with Crippen molar-refractivity contribution in [2.75, 3.05) is 26.9 Å². The molecule has 1 saturated heterocycles. The Hall–Kier alpha value is -1.24. The summed E-state index contributed by atoms with van der Waals surface area (Å²) in [5.41, 5.74) is 2.39. The van der Waals surface area contributed by atoms with E-state index in [1.165, 1.54) is 22.4 Å². The maximum Gasteiger partial charge on any atom is 0.329 e. The van der Waals surface area contributed by atoms with Crippen LogP contribution in [0.2, 0.25) is 0 Å². The largest absolute Gasteiger partial charge is 0.497 e. The van der Waals surface area contributed by atoms with Crippen LogP contribution in [0.15, 0.2) is 17.0 Å². The molecule has 0 aliphatic carbocycles. The number of hydrogen-bond donors (Lipinski definition) is 1. The number of aryl methyl sites for hydroxylation is 2. The van der Waals surface area contributed by atoms with Crippen LogP contribution in [0.1, 0.15) is 30.4 Å². The van der Waals surface area contributed by atoms with Crippen molar-refractivity contribution in [1.82, 2.24) is 4.31 Å². The predicted molar refractivity (Wildman–Crippen MR) is 91.1 cm³/mol. The molecule has 0 amide bonds. The normalized spacial score (nSPS) is 18.8. The highest BCUT2D eigenvalue weighted by Crippen LogP contribution is 2.36. The van der Waals surface area contributed by atoms with Gasteiger partial charge in [0.1, 0.15) is 12.4 Å². The topological polar surface area (TPSA) is 59.0 Å². The minimum Gasteiger partial charge on any atom is -0.497 e. The first-order chi connectivity index (χ1) is 11.0. The van der Waals surface area contributed by atoms with Gasteiger partial charge in [-0.3, -0.25) is 0 Å². The summed E-state index contributed by atoms with van der Waals surface area (Å²) in [6.07, 6.45) is 3.37. The summed E-state index contributed by atoms with van der Waals surface area (Å²) in [7, 11) is 1.68. The van der Waals surface area contributed by atoms with Gasteiger partial charge in [-0.25, -0.2) is 9.10 Å². The molecule has 0 aromatic heterocycles. The van der Waals surface area contributed by atoms with Crippen LogP contribution in [-0.2, 0) is 9.53 Å². The molecule has 0 spiro atoms. The number of rotatable bonds is 7. The van der Waals surface area contributed by atoms with E-state index < -0.39 is 5.97 Å². The van der Waals surface area contributed by atoms with Crippen molar-refractivity contribution in [3.8, 4) is 5.75 Å². The zero-order valence-electron chi connectivity index (χ0n) is 14.0. The number of carboxylic acids is 1. The molecule has 23 heavy (non-hydrogen) atoms. The van der Waals surface area contributed by atoms with Crippen molar-refractivity contribution >= 4 is 17.9 Å². The average molecular weight is 339 g/mol. The second kappa shape index (κ2) is 8.57. The molecule has 1 unspecified atom stereocenters. The van der Waals surface area contributed by atoms with E-state index >= 15 is 0 Å². The first-order valence-electron chi connectivity index (χ1n) is 7.90. The third kappa shape index (κ3) is 5.12. The lowest BCUT2D eigenvalue weighted by molar-refractivity contribution is -0.142. The maximum atomic E-state index is 10.6. The fourth-order valence-corrected chi connectivity index (χ4v) is 4.01. The molecular formula is C17H25NO4S. The molecule has 6 heteroatoms. The number of nitrogens with zero attached hydrogens (tertiary/aromatic N) is 1. The lowest BCUT2D eigenvalue weighted by Crippen LogP contribution is -2.38. The number of ether oxygens (including phenoxy) is 2. The summed E-state index contributed by atoms with van der Waals surface area (Å²) in [5, 5.41) is 8.71. The molecule has 1 aromatic carbocycles. The van der Waals surface area contributed by atoms with Crippen molar-refractivity contribution < 1.29 is 19.4 Å². The second-order valence-corrected chi connectivity index (χ2v) is 6.94. The predicted octanol–water partition coefficient (Wildman–Crippen LogP) is 3.27. The summed E-state index contributed by atoms with van der Waals surface area (Å²) in [5.74, 6) is -0.0359. The van der Waals surface area contributed by atoms with Crippen LogP contribution in [0.4, 0.5) is 0 Å². The Morgan fingerprint density at radius 1 is 1.35 bits per heavy atom. The van der Waals surface area contributed by atoms with E-state index in [4.69, 9.17) is 14.6 Å². The van der Waals surface area contributed by atoms with Gasteiger partial charge in [0.25, 0.3) is 0 Å². The first-order valence-corrected chi connectivity index (χ1v) is 8.68. The molecule has 128 valence electrons. The van der Waals surface area contributed by atoms with Crippen molar-refractivity contribution in [3.63, 3.8) is 0 Å². The Morgan fingerprint density at radius 3 is 2.65 bits per heavy atom. The van der Waals surface area contributed by atoms with Gasteiger partial charge < -0.3 is 14.6 Å². The lowest BCUT2D eigenvalue weighted by Gasteiger charge is -2.34. The van der Waals surface area contributed by atoms with Gasteiger partial charge in [0.15, 0.2) is 0 Å². The molecule has 0 radical (unpaired) electrons. The zero-order chi connectivity index (χ0) is 16.8. The highest BCUT2D eigenvalue weighted by Gasteiger charge is 2.25. The van der Waals surface area contributed by atoms with Crippen LogP contribution in [-0.4, -0.2) is 48.3 Å². The molecule has 1 heterocycles. The number of benzene rings is 1. The smallest absolute Gasteiger partial charge is 0.329 e. The van der Waals surface area contributed by atoms with Crippen molar-refractivity contribution in [2.45, 2.75) is 44.0 Å². The van der Waals surface area contributed by atoms with E-state index in [0.717, 1.165) is 25.1 Å². The molecule has 1 fully saturated rings. The van der Waals surface area contributed by atoms with Crippen LogP contribution >= 0.6 is 11.9 Å². The van der Waals surface area contributed by atoms with E-state index in [1.807, 2.05) is 0 Å². The summed E-state index contributed by atoms with van der Waals surface area (Å²) >= 11 is 1.75. The Balaban J connectivity index is 2.05. The van der Waals surface area contributed by atoms with Gasteiger partial charge in [-0.15, -0.1) is 0 Å². The summed E-state index contributed by atoms with van der Waals surface area (Å²) in [4.78, 5) is 11.9. The molecule has 5 nitrogen and oxygen atoms in total. The van der Waals surface area contributed by atoms with E-state index in [9.17, 15) is 4.79 Å². The molecule has 0 saturated carbocycles. The highest BCUT2D eigenvalue weighted by atomic mass is 32.2. The second-order valence-electron chi connectivity index (χ2n) is 5.88. The van der Waals surface area contributed by atoms with Crippen LogP contribution in [0.3, 0.4) is 0 Å². The van der Waals surface area contributed by atoms with Gasteiger partial charge in [-0.2, -0.15) is 0 Å². The fraction of sp³-hybridized carbons (Fsp3) is 0.588. The van der Waals surface area contributed by atoms with Gasteiger partial charge in [0.2, 0.25) is 0 Å². The Labute approximate surface area is 142 Å². The average Bonchev–Trinajstić information content (AvgIpc) is 2.51. The number of piperidine rings is 1. The van der Waals surface area contributed by atoms with Crippen LogP contribution in [0.25, 0.3) is 0 Å². The zero-order valence-corrected chi connectivity index (χ0v) is 14.8. The van der Waals surface area contributed by atoms with Crippen molar-refractivity contribution in [1.29, 1.82) is 0 Å². The quantitative estimate of drug-likeness (QED) is 0.770. The Bertz CT molecular complexity index is 526. The van der Waals surface area contributed by atoms with E-state index in [-0.39, 0.29) is 12.6 Å². The Morgan fingerprint density at radius 2 is 2.04 bits per heavy atom. The van der Waals surface area contributed by atoms with E-state index in [2.05, 4.69) is 30.3 Å². The summed E-state index contributed by atoms with van der Waals surface area (Å²) in [6, 6.07) is 4.36. The van der Waals surface area contributed by atoms with Crippen LogP contribution in [0.5, 0.6) is 5.75 Å². The molecule has 0 bridgehead atoms. The number of carboxylic acid groups (broad SMARTS) is 1. The van der Waals surface area contributed by atoms with Crippen LogP contribution < -0.4 is 4.74 Å². The Kier molecular flexibility index (Phi) is 6.74. The molecule has 1 N–H and O–H groups in total. The van der Waals surface area contributed by atoms with Gasteiger partial charge in [-0.1, -0.05) is 6.42 Å². The van der Waals surface area contributed by atoms with Gasteiger partial charge in [0.05, 0.1) is 13.7 Å². The summed E-state index contributed by atoms with van der Waals surface area (Å²) < 4.78 is 13.0. The maximum absolute atomic E-state index is 10.6. The van der Waals surface area contributed by atoms with Gasteiger partial charge >= 0.3 is 5.97 Å². The number of methoxy groups -OCH3 is 1. The van der Waals surface area contributed by atoms with E-state index in [0.29, 0.717) is 6.61 Å². The minimum absolute atomic E-state index is 0.227. The number of hydrogen-bond acceptors (Lipinski definition) is 5. The molecule has 1 atom stereocenters. The van der Waals surface area contributed by atoms with Crippen molar-refractivity contribution in [2.24, 2.45) is 0 Å².